The van der Waals surface area contributed by atoms with Gasteiger partial charge in [-0.2, -0.15) is 0 Å². The second-order valence-corrected chi connectivity index (χ2v) is 3.92. The molecule has 17 heavy (non-hydrogen) atoms. The van der Waals surface area contributed by atoms with Crippen LogP contribution in [0.4, 0.5) is 4.39 Å². The average Bonchev–Trinajstić information content (AvgIpc) is 2.28. The summed E-state index contributed by atoms with van der Waals surface area (Å²) in [4.78, 5) is 10.4. The van der Waals surface area contributed by atoms with E-state index in [9.17, 15) is 9.18 Å². The average molecular weight is 240 g/mol. The highest BCUT2D eigenvalue weighted by Gasteiger charge is 2.16. The number of carbonyl (C=O) groups is 1. The monoisotopic (exact) mass is 240 g/mol. The Kier molecular flexibility index (Phi) is 3.58. The minimum absolute atomic E-state index is 0.0717. The maximum Gasteiger partial charge on any atom is 0.303 e. The molecular weight excluding hydrogens is 227 g/mol. The lowest BCUT2D eigenvalue weighted by atomic mass is 10.0. The molecule has 92 valence electrons. The zero-order chi connectivity index (χ0) is 12.3. The van der Waals surface area contributed by atoms with Crippen molar-refractivity contribution in [3.63, 3.8) is 0 Å². The summed E-state index contributed by atoms with van der Waals surface area (Å²) >= 11 is 0. The Morgan fingerprint density at radius 1 is 1.47 bits per heavy atom. The molecule has 1 aromatic carbocycles. The van der Waals surface area contributed by atoms with Crippen molar-refractivity contribution < 1.29 is 23.8 Å². The van der Waals surface area contributed by atoms with Crippen LogP contribution in [0, 0.1) is 5.82 Å². The van der Waals surface area contributed by atoms with E-state index in [0.717, 1.165) is 5.56 Å². The van der Waals surface area contributed by atoms with Gasteiger partial charge in [-0.25, -0.2) is 4.39 Å². The molecule has 0 radical (unpaired) electrons. The van der Waals surface area contributed by atoms with E-state index in [1.54, 1.807) is 6.07 Å². The normalized spacial score (nSPS) is 13.9. The zero-order valence-electron chi connectivity index (χ0n) is 9.24. The molecule has 0 saturated heterocycles. The number of hydrogen-bond donors (Lipinski definition) is 1. The zero-order valence-corrected chi connectivity index (χ0v) is 9.24. The summed E-state index contributed by atoms with van der Waals surface area (Å²) in [6, 6.07) is 3.20. The van der Waals surface area contributed by atoms with Gasteiger partial charge in [0.15, 0.2) is 18.4 Å². The third kappa shape index (κ3) is 2.94. The first-order valence-corrected chi connectivity index (χ1v) is 5.40. The summed E-state index contributed by atoms with van der Waals surface area (Å²) in [7, 11) is 0. The van der Waals surface area contributed by atoms with Gasteiger partial charge in [0, 0.05) is 12.0 Å². The van der Waals surface area contributed by atoms with Crippen LogP contribution in [0.2, 0.25) is 0 Å². The highest BCUT2D eigenvalue weighted by molar-refractivity contribution is 5.66. The Hall–Kier alpha value is -1.62. The molecule has 5 heteroatoms. The lowest BCUT2D eigenvalue weighted by molar-refractivity contribution is -0.137. The fourth-order valence-electron chi connectivity index (χ4n) is 1.82. The molecule has 0 aromatic heterocycles. The predicted molar refractivity (Wildman–Crippen MR) is 57.3 cm³/mol. The number of benzene rings is 1. The van der Waals surface area contributed by atoms with Crippen molar-refractivity contribution in [2.75, 3.05) is 6.79 Å². The van der Waals surface area contributed by atoms with Gasteiger partial charge in [-0.1, -0.05) is 0 Å². The van der Waals surface area contributed by atoms with Crippen molar-refractivity contribution in [1.82, 2.24) is 0 Å². The number of ether oxygens (including phenoxy) is 2. The maximum absolute atomic E-state index is 13.6. The molecule has 1 aliphatic rings. The number of carboxylic acid groups (broad SMARTS) is 1. The van der Waals surface area contributed by atoms with Crippen molar-refractivity contribution in [2.24, 2.45) is 0 Å². The number of halogens is 1. The fraction of sp³-hybridized carbons (Fsp3) is 0.417. The van der Waals surface area contributed by atoms with E-state index in [4.69, 9.17) is 14.6 Å². The van der Waals surface area contributed by atoms with Crippen molar-refractivity contribution in [2.45, 2.75) is 25.9 Å². The van der Waals surface area contributed by atoms with Gasteiger partial charge in [-0.15, -0.1) is 0 Å². The van der Waals surface area contributed by atoms with Crippen molar-refractivity contribution in [3.8, 4) is 5.75 Å². The van der Waals surface area contributed by atoms with Gasteiger partial charge in [-0.05, 0) is 30.5 Å². The summed E-state index contributed by atoms with van der Waals surface area (Å²) in [6.07, 6.45) is 1.12. The van der Waals surface area contributed by atoms with E-state index < -0.39 is 11.8 Å². The standard InChI is InChI=1S/C12H13FO4/c13-10-5-8(2-1-3-11(14)15)4-9-6-16-7-17-12(9)10/h4-5H,1-3,6-7H2,(H,14,15). The van der Waals surface area contributed by atoms with Gasteiger partial charge in [0.1, 0.15) is 0 Å². The number of hydrogen-bond acceptors (Lipinski definition) is 3. The fourth-order valence-corrected chi connectivity index (χ4v) is 1.82. The van der Waals surface area contributed by atoms with E-state index in [-0.39, 0.29) is 19.0 Å². The van der Waals surface area contributed by atoms with E-state index in [2.05, 4.69) is 0 Å². The Balaban J connectivity index is 2.08. The lowest BCUT2D eigenvalue weighted by Gasteiger charge is -2.19. The summed E-state index contributed by atoms with van der Waals surface area (Å²) in [5.74, 6) is -0.996. The topological polar surface area (TPSA) is 55.8 Å². The Bertz CT molecular complexity index is 431. The van der Waals surface area contributed by atoms with Crippen LogP contribution in [0.5, 0.6) is 5.75 Å². The Labute approximate surface area is 98.0 Å². The summed E-state index contributed by atoms with van der Waals surface area (Å²) in [5, 5.41) is 8.52. The van der Waals surface area contributed by atoms with Crippen LogP contribution in [0.15, 0.2) is 12.1 Å². The van der Waals surface area contributed by atoms with Crippen LogP contribution in [-0.2, 0) is 22.6 Å². The lowest BCUT2D eigenvalue weighted by Crippen LogP contribution is -2.13. The third-order valence-electron chi connectivity index (χ3n) is 2.58. The summed E-state index contributed by atoms with van der Waals surface area (Å²) < 4.78 is 23.7. The van der Waals surface area contributed by atoms with E-state index >= 15 is 0 Å². The van der Waals surface area contributed by atoms with Crippen LogP contribution in [-0.4, -0.2) is 17.9 Å². The molecule has 0 unspecified atom stereocenters. The van der Waals surface area contributed by atoms with E-state index in [1.165, 1.54) is 6.07 Å². The number of aryl methyl sites for hydroxylation is 1. The molecule has 1 aliphatic heterocycles. The van der Waals surface area contributed by atoms with Crippen molar-refractivity contribution >= 4 is 5.97 Å². The molecule has 1 N–H and O–H groups in total. The van der Waals surface area contributed by atoms with Gasteiger partial charge in [0.25, 0.3) is 0 Å². The Morgan fingerprint density at radius 2 is 2.29 bits per heavy atom. The minimum atomic E-state index is -0.838. The SMILES string of the molecule is O=C(O)CCCc1cc(F)c2c(c1)COCO2. The second kappa shape index (κ2) is 5.14. The van der Waals surface area contributed by atoms with Crippen molar-refractivity contribution in [1.29, 1.82) is 0 Å². The van der Waals surface area contributed by atoms with Crippen LogP contribution in [0.3, 0.4) is 0 Å². The quantitative estimate of drug-likeness (QED) is 0.875. The first-order valence-electron chi connectivity index (χ1n) is 5.40. The molecule has 0 bridgehead atoms. The predicted octanol–water partition coefficient (Wildman–Crippen LogP) is 2.10. The number of fused-ring (bicyclic) bond motifs is 1. The highest BCUT2D eigenvalue weighted by atomic mass is 19.1. The van der Waals surface area contributed by atoms with Gasteiger partial charge in [-0.3, -0.25) is 4.79 Å². The van der Waals surface area contributed by atoms with E-state index in [0.29, 0.717) is 25.0 Å². The number of carboxylic acids is 1. The molecule has 0 atom stereocenters. The van der Waals surface area contributed by atoms with Gasteiger partial charge in [0.2, 0.25) is 0 Å². The molecule has 0 saturated carbocycles. The summed E-state index contributed by atoms with van der Waals surface area (Å²) in [5.41, 5.74) is 1.46. The molecule has 0 fully saturated rings. The first kappa shape index (κ1) is 11.9. The number of aliphatic carboxylic acids is 1. The van der Waals surface area contributed by atoms with Gasteiger partial charge < -0.3 is 14.6 Å². The molecular formula is C12H13FO4. The number of rotatable bonds is 4. The Morgan fingerprint density at radius 3 is 3.06 bits per heavy atom. The molecule has 1 heterocycles. The third-order valence-corrected chi connectivity index (χ3v) is 2.58. The largest absolute Gasteiger partial charge is 0.481 e. The molecule has 0 amide bonds. The highest BCUT2D eigenvalue weighted by Crippen LogP contribution is 2.28. The molecule has 1 aromatic rings. The summed E-state index contributed by atoms with van der Waals surface area (Å²) in [6.45, 7) is 0.404. The first-order chi connectivity index (χ1) is 8.16. The van der Waals surface area contributed by atoms with Gasteiger partial charge in [0.05, 0.1) is 6.61 Å². The van der Waals surface area contributed by atoms with E-state index in [1.807, 2.05) is 0 Å². The van der Waals surface area contributed by atoms with Crippen LogP contribution in [0.1, 0.15) is 24.0 Å². The molecule has 2 rings (SSSR count). The van der Waals surface area contributed by atoms with Crippen LogP contribution in [0.25, 0.3) is 0 Å². The molecule has 0 aliphatic carbocycles. The maximum atomic E-state index is 13.6. The van der Waals surface area contributed by atoms with Crippen LogP contribution >= 0.6 is 0 Å². The van der Waals surface area contributed by atoms with Crippen molar-refractivity contribution in [3.05, 3.63) is 29.1 Å². The molecule has 4 nitrogen and oxygen atoms in total. The smallest absolute Gasteiger partial charge is 0.303 e. The molecule has 0 spiro atoms. The van der Waals surface area contributed by atoms with Gasteiger partial charge >= 0.3 is 5.97 Å². The second-order valence-electron chi connectivity index (χ2n) is 3.92. The minimum Gasteiger partial charge on any atom is -0.481 e. The van der Waals surface area contributed by atoms with Crippen LogP contribution < -0.4 is 4.74 Å².